The van der Waals surface area contributed by atoms with E-state index >= 15 is 0 Å². The number of carbonyl (C=O) groups excluding carboxylic acids is 1. The lowest BCUT2D eigenvalue weighted by atomic mass is 9.92. The highest BCUT2D eigenvalue weighted by Gasteiger charge is 2.25. The molecule has 0 bridgehead atoms. The Morgan fingerprint density at radius 1 is 1.32 bits per heavy atom. The maximum atomic E-state index is 13.3. The number of fused-ring (bicyclic) bond motifs is 1. The summed E-state index contributed by atoms with van der Waals surface area (Å²) >= 11 is 0. The molecule has 1 saturated carbocycles. The van der Waals surface area contributed by atoms with Crippen molar-refractivity contribution in [3.63, 3.8) is 0 Å². The molecule has 0 spiro atoms. The fraction of sp³-hybridized carbons (Fsp3) is 0.478. The van der Waals surface area contributed by atoms with Crippen molar-refractivity contribution in [3.8, 4) is 5.69 Å². The monoisotopic (exact) mass is 426 g/mol. The summed E-state index contributed by atoms with van der Waals surface area (Å²) in [5, 5.41) is 14.2. The first-order chi connectivity index (χ1) is 15.1. The Hall–Kier alpha value is -2.68. The molecule has 0 aliphatic heterocycles. The third kappa shape index (κ3) is 4.81. The molecule has 8 nitrogen and oxygen atoms in total. The predicted molar refractivity (Wildman–Crippen MR) is 117 cm³/mol. The van der Waals surface area contributed by atoms with Crippen LogP contribution in [-0.4, -0.2) is 58.0 Å². The molecule has 2 aromatic heterocycles. The van der Waals surface area contributed by atoms with Crippen LogP contribution >= 0.6 is 0 Å². The standard InChI is InChI=1S/C23H30N4O4/c1-15(28)21-13-25-22-19(21)11-17(27-8-7-24-14-27)12-20(22)23(29)26-16-3-5-18(6-4-16)31-10-9-30-2/h7-8,11-16,18,25,28H,3-6,9-10H2,1-2H3,(H,26,29)/t15-,16?,18?/m1/s1. The Kier molecular flexibility index (Phi) is 6.70. The molecule has 3 aromatic rings. The van der Waals surface area contributed by atoms with Gasteiger partial charge in [-0.1, -0.05) is 0 Å². The summed E-state index contributed by atoms with van der Waals surface area (Å²) < 4.78 is 12.7. The van der Waals surface area contributed by atoms with Gasteiger partial charge in [-0.25, -0.2) is 4.98 Å². The van der Waals surface area contributed by atoms with Crippen LogP contribution in [0.2, 0.25) is 0 Å². The van der Waals surface area contributed by atoms with E-state index in [2.05, 4.69) is 15.3 Å². The highest BCUT2D eigenvalue weighted by Crippen LogP contribution is 2.30. The summed E-state index contributed by atoms with van der Waals surface area (Å²) in [5.41, 5.74) is 2.88. The van der Waals surface area contributed by atoms with E-state index in [1.807, 2.05) is 22.9 Å². The molecule has 4 rings (SSSR count). The Balaban J connectivity index is 1.53. The van der Waals surface area contributed by atoms with E-state index in [1.165, 1.54) is 0 Å². The number of amides is 1. The number of aromatic nitrogens is 3. The second kappa shape index (κ2) is 9.64. The third-order valence-electron chi connectivity index (χ3n) is 5.95. The van der Waals surface area contributed by atoms with Crippen molar-refractivity contribution >= 4 is 16.8 Å². The van der Waals surface area contributed by atoms with Gasteiger partial charge in [0.25, 0.3) is 5.91 Å². The molecule has 166 valence electrons. The van der Waals surface area contributed by atoms with Crippen molar-refractivity contribution in [2.24, 2.45) is 0 Å². The van der Waals surface area contributed by atoms with Crippen LogP contribution in [0.3, 0.4) is 0 Å². The van der Waals surface area contributed by atoms with Crippen LogP contribution in [0.5, 0.6) is 0 Å². The van der Waals surface area contributed by atoms with E-state index in [0.29, 0.717) is 18.8 Å². The van der Waals surface area contributed by atoms with Gasteiger partial charge in [-0.2, -0.15) is 0 Å². The first-order valence-corrected chi connectivity index (χ1v) is 10.8. The summed E-state index contributed by atoms with van der Waals surface area (Å²) in [6.45, 7) is 2.93. The molecule has 1 fully saturated rings. The number of benzene rings is 1. The van der Waals surface area contributed by atoms with Crippen LogP contribution in [0.1, 0.15) is 54.6 Å². The highest BCUT2D eigenvalue weighted by atomic mass is 16.5. The number of aliphatic hydroxyl groups excluding tert-OH is 1. The molecule has 1 amide bonds. The molecule has 2 heterocycles. The van der Waals surface area contributed by atoms with Gasteiger partial charge in [-0.3, -0.25) is 4.79 Å². The first kappa shape index (κ1) is 21.5. The van der Waals surface area contributed by atoms with E-state index in [1.54, 1.807) is 32.8 Å². The molecule has 1 atom stereocenters. The molecule has 0 saturated heterocycles. The van der Waals surface area contributed by atoms with E-state index in [0.717, 1.165) is 47.8 Å². The largest absolute Gasteiger partial charge is 0.389 e. The number of H-pyrrole nitrogens is 1. The Morgan fingerprint density at radius 2 is 2.13 bits per heavy atom. The van der Waals surface area contributed by atoms with Crippen LogP contribution in [0.25, 0.3) is 16.6 Å². The summed E-state index contributed by atoms with van der Waals surface area (Å²) in [4.78, 5) is 20.6. The number of nitrogens with one attached hydrogen (secondary N) is 2. The van der Waals surface area contributed by atoms with Crippen LogP contribution in [0, 0.1) is 0 Å². The Labute approximate surface area is 181 Å². The van der Waals surface area contributed by atoms with Crippen molar-refractivity contribution in [3.05, 3.63) is 48.2 Å². The molecule has 1 aliphatic carbocycles. The van der Waals surface area contributed by atoms with Crippen molar-refractivity contribution in [2.75, 3.05) is 20.3 Å². The fourth-order valence-electron chi connectivity index (χ4n) is 4.26. The Morgan fingerprint density at radius 3 is 2.81 bits per heavy atom. The number of rotatable bonds is 8. The number of ether oxygens (including phenoxy) is 2. The zero-order valence-corrected chi connectivity index (χ0v) is 18.0. The molecule has 1 aliphatic rings. The minimum Gasteiger partial charge on any atom is -0.389 e. The quantitative estimate of drug-likeness (QED) is 0.481. The number of aromatic amines is 1. The smallest absolute Gasteiger partial charge is 0.253 e. The average molecular weight is 427 g/mol. The SMILES string of the molecule is COCCOC1CCC(NC(=O)c2cc(-n3ccnc3)cc3c([C@@H](C)O)c[nH]c23)CC1. The zero-order chi connectivity index (χ0) is 21.8. The average Bonchev–Trinajstić information content (AvgIpc) is 3.44. The lowest BCUT2D eigenvalue weighted by molar-refractivity contribution is -0.00408. The molecule has 3 N–H and O–H groups in total. The van der Waals surface area contributed by atoms with Gasteiger partial charge in [0.05, 0.1) is 42.8 Å². The van der Waals surface area contributed by atoms with Crippen LogP contribution in [-0.2, 0) is 9.47 Å². The number of nitrogens with zero attached hydrogens (tertiary/aromatic N) is 2. The lowest BCUT2D eigenvalue weighted by Crippen LogP contribution is -2.39. The number of methoxy groups -OCH3 is 1. The minimum absolute atomic E-state index is 0.116. The van der Waals surface area contributed by atoms with Crippen molar-refractivity contribution in [1.82, 2.24) is 19.9 Å². The van der Waals surface area contributed by atoms with Crippen molar-refractivity contribution < 1.29 is 19.4 Å². The van der Waals surface area contributed by atoms with Gasteiger partial charge < -0.3 is 29.4 Å². The highest BCUT2D eigenvalue weighted by molar-refractivity contribution is 6.07. The second-order valence-electron chi connectivity index (χ2n) is 8.12. The zero-order valence-electron chi connectivity index (χ0n) is 18.0. The maximum Gasteiger partial charge on any atom is 0.253 e. The number of aliphatic hydroxyl groups is 1. The molecule has 1 aromatic carbocycles. The summed E-state index contributed by atoms with van der Waals surface area (Å²) in [5.74, 6) is -0.116. The number of hydrogen-bond acceptors (Lipinski definition) is 5. The number of hydrogen-bond donors (Lipinski definition) is 3. The summed E-state index contributed by atoms with van der Waals surface area (Å²) in [6, 6.07) is 3.95. The molecule has 31 heavy (non-hydrogen) atoms. The second-order valence-corrected chi connectivity index (χ2v) is 8.12. The lowest BCUT2D eigenvalue weighted by Gasteiger charge is -2.29. The molecular formula is C23H30N4O4. The predicted octanol–water partition coefficient (Wildman–Crippen LogP) is 3.11. The molecule has 8 heteroatoms. The van der Waals surface area contributed by atoms with Crippen LogP contribution in [0.4, 0.5) is 0 Å². The fourth-order valence-corrected chi connectivity index (χ4v) is 4.26. The van der Waals surface area contributed by atoms with Gasteiger partial charge in [0.1, 0.15) is 0 Å². The van der Waals surface area contributed by atoms with Gasteiger partial charge in [0.2, 0.25) is 0 Å². The van der Waals surface area contributed by atoms with Crippen LogP contribution in [0.15, 0.2) is 37.1 Å². The van der Waals surface area contributed by atoms with Gasteiger partial charge in [-0.15, -0.1) is 0 Å². The number of imidazole rings is 1. The van der Waals surface area contributed by atoms with Crippen molar-refractivity contribution in [2.45, 2.75) is 50.9 Å². The van der Waals surface area contributed by atoms with Gasteiger partial charge >= 0.3 is 0 Å². The molecule has 0 radical (unpaired) electrons. The van der Waals surface area contributed by atoms with Crippen molar-refractivity contribution in [1.29, 1.82) is 0 Å². The minimum atomic E-state index is -0.643. The van der Waals surface area contributed by atoms with Gasteiger partial charge in [-0.05, 0) is 44.7 Å². The van der Waals surface area contributed by atoms with E-state index < -0.39 is 6.10 Å². The Bertz CT molecular complexity index is 1000. The summed E-state index contributed by atoms with van der Waals surface area (Å²) in [6.07, 6.45) is 10.2. The van der Waals surface area contributed by atoms with Crippen LogP contribution < -0.4 is 5.32 Å². The summed E-state index contributed by atoms with van der Waals surface area (Å²) in [7, 11) is 1.67. The van der Waals surface area contributed by atoms with Gasteiger partial charge in [0.15, 0.2) is 0 Å². The van der Waals surface area contributed by atoms with E-state index in [4.69, 9.17) is 9.47 Å². The molecule has 0 unspecified atom stereocenters. The number of carbonyl (C=O) groups is 1. The maximum absolute atomic E-state index is 13.3. The third-order valence-corrected chi connectivity index (χ3v) is 5.95. The first-order valence-electron chi connectivity index (χ1n) is 10.8. The van der Waals surface area contributed by atoms with E-state index in [-0.39, 0.29) is 18.1 Å². The topological polar surface area (TPSA) is 101 Å². The van der Waals surface area contributed by atoms with E-state index in [9.17, 15) is 9.90 Å². The molecular weight excluding hydrogens is 396 g/mol. The van der Waals surface area contributed by atoms with Gasteiger partial charge in [0, 0.05) is 48.4 Å². The normalized spacial score (nSPS) is 20.1.